The van der Waals surface area contributed by atoms with E-state index in [-0.39, 0.29) is 11.2 Å². The molecule has 1 heterocycles. The highest BCUT2D eigenvalue weighted by Gasteiger charge is 2.51. The van der Waals surface area contributed by atoms with Crippen LogP contribution in [0.4, 0.5) is 5.69 Å². The van der Waals surface area contributed by atoms with Gasteiger partial charge < -0.3 is 0 Å². The van der Waals surface area contributed by atoms with Crippen molar-refractivity contribution in [1.82, 2.24) is 0 Å². The van der Waals surface area contributed by atoms with Gasteiger partial charge in [-0.2, -0.15) is 0 Å². The lowest BCUT2D eigenvalue weighted by molar-refractivity contribution is 0.584. The molecule has 4 rings (SSSR count). The number of aryl methyl sites for hydroxylation is 1. The predicted octanol–water partition coefficient (Wildman–Crippen LogP) is 3.33. The van der Waals surface area contributed by atoms with E-state index in [0.717, 1.165) is 36.1 Å². The van der Waals surface area contributed by atoms with Crippen molar-refractivity contribution in [3.63, 3.8) is 0 Å². The van der Waals surface area contributed by atoms with Crippen LogP contribution in [-0.2, 0) is 16.4 Å². The zero-order chi connectivity index (χ0) is 15.2. The lowest BCUT2D eigenvalue weighted by Gasteiger charge is -2.30. The molecule has 2 aliphatic rings. The second kappa shape index (κ2) is 5.13. The molecule has 0 spiro atoms. The molecule has 0 amide bonds. The normalized spacial score (nSPS) is 23.9. The first-order valence-electron chi connectivity index (χ1n) is 7.82. The molecule has 1 aliphatic carbocycles. The lowest BCUT2D eigenvalue weighted by Crippen LogP contribution is -2.38. The largest absolute Gasteiger partial charge is 0.270 e. The maximum atomic E-state index is 13.0. The maximum absolute atomic E-state index is 13.0. The van der Waals surface area contributed by atoms with E-state index in [9.17, 15) is 8.42 Å². The molecule has 0 bridgehead atoms. The second-order valence-corrected chi connectivity index (χ2v) is 8.22. The van der Waals surface area contributed by atoms with Crippen molar-refractivity contribution in [2.75, 3.05) is 10.8 Å². The first-order valence-corrected chi connectivity index (χ1v) is 9.32. The summed E-state index contributed by atoms with van der Waals surface area (Å²) in [7, 11) is -3.27. The molecule has 3 nitrogen and oxygen atoms in total. The number of rotatable bonds is 3. The van der Waals surface area contributed by atoms with Crippen molar-refractivity contribution in [1.29, 1.82) is 0 Å². The summed E-state index contributed by atoms with van der Waals surface area (Å²) < 4.78 is 27.7. The van der Waals surface area contributed by atoms with Gasteiger partial charge in [-0.1, -0.05) is 48.5 Å². The standard InChI is InChI=1S/C18H19NO2S/c20-22(21,18-13-16(18)14-7-2-1-3-8-14)19-12-6-10-15-9-4-5-11-17(15)19/h1-5,7-9,11,16,18H,6,10,12-13H2/t16-,18+/m0/s1. The van der Waals surface area contributed by atoms with Gasteiger partial charge in [0.15, 0.2) is 0 Å². The molecule has 0 unspecified atom stereocenters. The highest BCUT2D eigenvalue weighted by atomic mass is 32.2. The Hall–Kier alpha value is -1.81. The summed E-state index contributed by atoms with van der Waals surface area (Å²) in [5.74, 6) is 0.153. The summed E-state index contributed by atoms with van der Waals surface area (Å²) in [6.07, 6.45) is 2.61. The third-order valence-corrected chi connectivity index (χ3v) is 7.00. The van der Waals surface area contributed by atoms with Crippen LogP contribution in [0.15, 0.2) is 54.6 Å². The Labute approximate surface area is 131 Å². The Morgan fingerprint density at radius 1 is 0.955 bits per heavy atom. The monoisotopic (exact) mass is 313 g/mol. The molecule has 2 aromatic carbocycles. The van der Waals surface area contributed by atoms with Gasteiger partial charge in [-0.25, -0.2) is 8.42 Å². The SMILES string of the molecule is O=S(=O)([C@@H]1C[C@H]1c1ccccc1)N1CCCc2ccccc21. The van der Waals surface area contributed by atoms with Gasteiger partial charge in [-0.3, -0.25) is 4.31 Å². The number of hydrogen-bond acceptors (Lipinski definition) is 2. The molecule has 1 saturated carbocycles. The maximum Gasteiger partial charge on any atom is 0.238 e. The van der Waals surface area contributed by atoms with E-state index in [1.54, 1.807) is 4.31 Å². The van der Waals surface area contributed by atoms with Gasteiger partial charge in [0, 0.05) is 12.5 Å². The first-order chi connectivity index (χ1) is 10.7. The van der Waals surface area contributed by atoms with Crippen molar-refractivity contribution >= 4 is 15.7 Å². The molecule has 4 heteroatoms. The summed E-state index contributed by atoms with van der Waals surface area (Å²) in [6.45, 7) is 0.608. The molecule has 0 N–H and O–H groups in total. The minimum atomic E-state index is -3.27. The van der Waals surface area contributed by atoms with Crippen LogP contribution in [0, 0.1) is 0 Å². The minimum absolute atomic E-state index is 0.153. The van der Waals surface area contributed by atoms with Crippen LogP contribution >= 0.6 is 0 Å². The van der Waals surface area contributed by atoms with Gasteiger partial charge in [-0.15, -0.1) is 0 Å². The molecule has 2 aromatic rings. The Morgan fingerprint density at radius 3 is 2.50 bits per heavy atom. The molecular weight excluding hydrogens is 294 g/mol. The number of sulfonamides is 1. The van der Waals surface area contributed by atoms with Crippen molar-refractivity contribution in [2.45, 2.75) is 30.4 Å². The van der Waals surface area contributed by atoms with Gasteiger partial charge in [0.05, 0.1) is 10.9 Å². The second-order valence-electron chi connectivity index (χ2n) is 6.14. The summed E-state index contributed by atoms with van der Waals surface area (Å²) >= 11 is 0. The Morgan fingerprint density at radius 2 is 1.68 bits per heavy atom. The van der Waals surface area contributed by atoms with E-state index >= 15 is 0 Å². The average molecular weight is 313 g/mol. The molecule has 22 heavy (non-hydrogen) atoms. The minimum Gasteiger partial charge on any atom is -0.270 e. The summed E-state index contributed by atoms with van der Waals surface area (Å²) in [6, 6.07) is 17.9. The van der Waals surface area contributed by atoms with Gasteiger partial charge in [-0.05, 0) is 36.5 Å². The molecule has 0 radical (unpaired) electrons. The fraction of sp³-hybridized carbons (Fsp3) is 0.333. The highest BCUT2D eigenvalue weighted by Crippen LogP contribution is 2.48. The smallest absolute Gasteiger partial charge is 0.238 e. The summed E-state index contributed by atoms with van der Waals surface area (Å²) in [5, 5.41) is -0.263. The lowest BCUT2D eigenvalue weighted by atomic mass is 10.0. The quantitative estimate of drug-likeness (QED) is 0.871. The van der Waals surface area contributed by atoms with Crippen molar-refractivity contribution in [2.24, 2.45) is 0 Å². The Kier molecular flexibility index (Phi) is 3.22. The van der Waals surface area contributed by atoms with Gasteiger partial charge >= 0.3 is 0 Å². The fourth-order valence-electron chi connectivity index (χ4n) is 3.48. The van der Waals surface area contributed by atoms with Crippen LogP contribution in [0.25, 0.3) is 0 Å². The van der Waals surface area contributed by atoms with E-state index < -0.39 is 10.0 Å². The first kappa shape index (κ1) is 13.8. The average Bonchev–Trinajstić information content (AvgIpc) is 3.36. The summed E-state index contributed by atoms with van der Waals surface area (Å²) in [5.41, 5.74) is 3.17. The third kappa shape index (κ3) is 2.22. The van der Waals surface area contributed by atoms with Crippen LogP contribution in [0.3, 0.4) is 0 Å². The van der Waals surface area contributed by atoms with Crippen molar-refractivity contribution in [3.05, 3.63) is 65.7 Å². The van der Waals surface area contributed by atoms with Crippen molar-refractivity contribution in [3.8, 4) is 0 Å². The van der Waals surface area contributed by atoms with Crippen LogP contribution in [0.2, 0.25) is 0 Å². The zero-order valence-electron chi connectivity index (χ0n) is 12.4. The van der Waals surface area contributed by atoms with E-state index in [0.29, 0.717) is 6.54 Å². The van der Waals surface area contributed by atoms with Crippen LogP contribution in [0.5, 0.6) is 0 Å². The van der Waals surface area contributed by atoms with Crippen LogP contribution < -0.4 is 4.31 Å². The van der Waals surface area contributed by atoms with Gasteiger partial charge in [0.1, 0.15) is 0 Å². The Bertz CT molecular complexity index is 786. The topological polar surface area (TPSA) is 37.4 Å². The molecule has 0 saturated heterocycles. The van der Waals surface area contributed by atoms with Gasteiger partial charge in [0.2, 0.25) is 10.0 Å². The molecule has 2 atom stereocenters. The summed E-state index contributed by atoms with van der Waals surface area (Å²) in [4.78, 5) is 0. The van der Waals surface area contributed by atoms with E-state index in [1.807, 2.05) is 54.6 Å². The molecule has 1 aliphatic heterocycles. The number of benzene rings is 2. The third-order valence-electron chi connectivity index (χ3n) is 4.72. The molecule has 1 fully saturated rings. The number of para-hydroxylation sites is 1. The zero-order valence-corrected chi connectivity index (χ0v) is 13.2. The highest BCUT2D eigenvalue weighted by molar-refractivity contribution is 7.93. The van der Waals surface area contributed by atoms with Gasteiger partial charge in [0.25, 0.3) is 0 Å². The number of anilines is 1. The Balaban J connectivity index is 1.64. The van der Waals surface area contributed by atoms with E-state index in [4.69, 9.17) is 0 Å². The number of nitrogens with zero attached hydrogens (tertiary/aromatic N) is 1. The number of hydrogen-bond donors (Lipinski definition) is 0. The van der Waals surface area contributed by atoms with E-state index in [1.165, 1.54) is 0 Å². The van der Waals surface area contributed by atoms with Crippen LogP contribution in [0.1, 0.15) is 29.9 Å². The molecule has 114 valence electrons. The fourth-order valence-corrected chi connectivity index (χ4v) is 5.66. The predicted molar refractivity (Wildman–Crippen MR) is 88.6 cm³/mol. The van der Waals surface area contributed by atoms with Crippen LogP contribution in [-0.4, -0.2) is 20.2 Å². The molecule has 0 aromatic heterocycles. The van der Waals surface area contributed by atoms with Crippen molar-refractivity contribution < 1.29 is 8.42 Å². The number of fused-ring (bicyclic) bond motifs is 1. The molecular formula is C18H19NO2S. The van der Waals surface area contributed by atoms with E-state index in [2.05, 4.69) is 0 Å².